The Morgan fingerprint density at radius 1 is 1.32 bits per heavy atom. The Bertz CT molecular complexity index is 465. The predicted molar refractivity (Wildman–Crippen MR) is 71.4 cm³/mol. The van der Waals surface area contributed by atoms with Crippen molar-refractivity contribution >= 4 is 11.9 Å². The van der Waals surface area contributed by atoms with E-state index in [2.05, 4.69) is 16.6 Å². The first-order valence-corrected chi connectivity index (χ1v) is 5.83. The fraction of sp³-hybridized carbons (Fsp3) is 0.286. The standard InChI is InChI=1S/C14H16N2O3/c1-2-8-15-10-13(17)16-12(14(18)19)9-11-6-4-3-5-7-11/h1,3-7,12,15H,8-10H2,(H,16,17)(H,18,19). The van der Waals surface area contributed by atoms with E-state index in [9.17, 15) is 9.59 Å². The third-order valence-electron chi connectivity index (χ3n) is 2.43. The SMILES string of the molecule is C#CCNCC(=O)NC(Cc1ccccc1)C(=O)O. The first kappa shape index (κ1) is 14.7. The quantitative estimate of drug-likeness (QED) is 0.477. The van der Waals surface area contributed by atoms with Gasteiger partial charge in [0.15, 0.2) is 0 Å². The maximum Gasteiger partial charge on any atom is 0.326 e. The van der Waals surface area contributed by atoms with Crippen LogP contribution < -0.4 is 10.6 Å². The number of aliphatic carboxylic acids is 1. The van der Waals surface area contributed by atoms with Crippen LogP contribution in [0.2, 0.25) is 0 Å². The molecule has 5 heteroatoms. The first-order chi connectivity index (χ1) is 9.13. The number of carboxylic acids is 1. The molecule has 1 unspecified atom stereocenters. The summed E-state index contributed by atoms with van der Waals surface area (Å²) in [6.45, 7) is 0.270. The van der Waals surface area contributed by atoms with Crippen LogP contribution in [0.3, 0.4) is 0 Å². The van der Waals surface area contributed by atoms with E-state index in [1.807, 2.05) is 30.3 Å². The molecule has 1 amide bonds. The Kier molecular flexibility index (Phi) is 6.13. The summed E-state index contributed by atoms with van der Waals surface area (Å²) in [5, 5.41) is 14.2. The maximum absolute atomic E-state index is 11.5. The van der Waals surface area contributed by atoms with Gasteiger partial charge in [-0.25, -0.2) is 4.79 Å². The smallest absolute Gasteiger partial charge is 0.326 e. The highest BCUT2D eigenvalue weighted by atomic mass is 16.4. The molecule has 0 bridgehead atoms. The lowest BCUT2D eigenvalue weighted by Crippen LogP contribution is -2.45. The van der Waals surface area contributed by atoms with Gasteiger partial charge in [0.2, 0.25) is 5.91 Å². The van der Waals surface area contributed by atoms with Crippen LogP contribution in [0.25, 0.3) is 0 Å². The maximum atomic E-state index is 11.5. The lowest BCUT2D eigenvalue weighted by molar-refractivity contribution is -0.141. The summed E-state index contributed by atoms with van der Waals surface area (Å²) in [7, 11) is 0. The van der Waals surface area contributed by atoms with Gasteiger partial charge in [-0.15, -0.1) is 6.42 Å². The van der Waals surface area contributed by atoms with Crippen molar-refractivity contribution in [2.75, 3.05) is 13.1 Å². The van der Waals surface area contributed by atoms with Gasteiger partial charge >= 0.3 is 5.97 Å². The Balaban J connectivity index is 2.52. The zero-order valence-electron chi connectivity index (χ0n) is 10.4. The van der Waals surface area contributed by atoms with Crippen molar-refractivity contribution < 1.29 is 14.7 Å². The molecule has 0 radical (unpaired) electrons. The number of carbonyl (C=O) groups is 2. The second kappa shape index (κ2) is 7.90. The average Bonchev–Trinajstić information content (AvgIpc) is 2.39. The molecule has 100 valence electrons. The topological polar surface area (TPSA) is 78.4 Å². The Labute approximate surface area is 112 Å². The lowest BCUT2D eigenvalue weighted by atomic mass is 10.1. The first-order valence-electron chi connectivity index (χ1n) is 5.83. The molecule has 0 fully saturated rings. The van der Waals surface area contributed by atoms with E-state index >= 15 is 0 Å². The minimum absolute atomic E-state index is 0.00275. The van der Waals surface area contributed by atoms with Crippen LogP contribution in [0.15, 0.2) is 30.3 Å². The number of amides is 1. The van der Waals surface area contributed by atoms with Crippen molar-refractivity contribution in [3.05, 3.63) is 35.9 Å². The van der Waals surface area contributed by atoms with Crippen LogP contribution in [-0.2, 0) is 16.0 Å². The summed E-state index contributed by atoms with van der Waals surface area (Å²) in [6, 6.07) is 8.19. The van der Waals surface area contributed by atoms with E-state index in [1.165, 1.54) is 0 Å². The molecule has 0 spiro atoms. The summed E-state index contributed by atoms with van der Waals surface area (Å²) >= 11 is 0. The number of terminal acetylenes is 1. The van der Waals surface area contributed by atoms with Crippen LogP contribution in [0.5, 0.6) is 0 Å². The molecule has 0 saturated heterocycles. The van der Waals surface area contributed by atoms with Gasteiger partial charge in [-0.3, -0.25) is 10.1 Å². The summed E-state index contributed by atoms with van der Waals surface area (Å²) in [5.74, 6) is 0.880. The van der Waals surface area contributed by atoms with Gasteiger partial charge in [-0.05, 0) is 5.56 Å². The van der Waals surface area contributed by atoms with Gasteiger partial charge in [-0.2, -0.15) is 0 Å². The Morgan fingerprint density at radius 2 is 2.00 bits per heavy atom. The van der Waals surface area contributed by atoms with Crippen LogP contribution in [0, 0.1) is 12.3 Å². The van der Waals surface area contributed by atoms with Crippen LogP contribution >= 0.6 is 0 Å². The minimum Gasteiger partial charge on any atom is -0.480 e. The highest BCUT2D eigenvalue weighted by molar-refractivity contribution is 5.84. The molecule has 0 saturated carbocycles. The van der Waals surface area contributed by atoms with E-state index < -0.39 is 17.9 Å². The molecular formula is C14H16N2O3. The fourth-order valence-electron chi connectivity index (χ4n) is 1.54. The lowest BCUT2D eigenvalue weighted by Gasteiger charge is -2.14. The number of benzene rings is 1. The van der Waals surface area contributed by atoms with E-state index in [1.54, 1.807) is 0 Å². The zero-order valence-corrected chi connectivity index (χ0v) is 10.4. The Hall–Kier alpha value is -2.32. The molecule has 5 nitrogen and oxygen atoms in total. The van der Waals surface area contributed by atoms with Crippen molar-refractivity contribution in [1.29, 1.82) is 0 Å². The van der Waals surface area contributed by atoms with E-state index in [-0.39, 0.29) is 19.5 Å². The van der Waals surface area contributed by atoms with Crippen LogP contribution in [-0.4, -0.2) is 36.1 Å². The summed E-state index contributed by atoms with van der Waals surface area (Å²) in [5.41, 5.74) is 0.854. The van der Waals surface area contributed by atoms with E-state index in [0.29, 0.717) is 0 Å². The predicted octanol–water partition coefficient (Wildman–Crippen LogP) is 0.0213. The number of hydrogen-bond donors (Lipinski definition) is 3. The number of nitrogens with one attached hydrogen (secondary N) is 2. The van der Waals surface area contributed by atoms with Crippen molar-refractivity contribution in [3.8, 4) is 12.3 Å². The number of carbonyl (C=O) groups excluding carboxylic acids is 1. The zero-order chi connectivity index (χ0) is 14.1. The molecular weight excluding hydrogens is 244 g/mol. The van der Waals surface area contributed by atoms with Crippen LogP contribution in [0.4, 0.5) is 0 Å². The van der Waals surface area contributed by atoms with Gasteiger partial charge < -0.3 is 10.4 Å². The van der Waals surface area contributed by atoms with Crippen LogP contribution in [0.1, 0.15) is 5.56 Å². The van der Waals surface area contributed by atoms with Gasteiger partial charge in [0.1, 0.15) is 6.04 Å². The van der Waals surface area contributed by atoms with Gasteiger partial charge in [-0.1, -0.05) is 36.3 Å². The molecule has 0 aliphatic carbocycles. The van der Waals surface area contributed by atoms with Gasteiger partial charge in [0.25, 0.3) is 0 Å². The van der Waals surface area contributed by atoms with E-state index in [4.69, 9.17) is 11.5 Å². The number of rotatable bonds is 7. The third kappa shape index (κ3) is 5.70. The minimum atomic E-state index is -1.06. The summed E-state index contributed by atoms with van der Waals surface area (Å²) < 4.78 is 0. The highest BCUT2D eigenvalue weighted by Gasteiger charge is 2.19. The van der Waals surface area contributed by atoms with Crippen molar-refractivity contribution in [2.24, 2.45) is 0 Å². The van der Waals surface area contributed by atoms with Crippen molar-refractivity contribution in [3.63, 3.8) is 0 Å². The highest BCUT2D eigenvalue weighted by Crippen LogP contribution is 2.03. The largest absolute Gasteiger partial charge is 0.480 e. The van der Waals surface area contributed by atoms with Gasteiger partial charge in [0.05, 0.1) is 13.1 Å². The summed E-state index contributed by atoms with van der Waals surface area (Å²) in [4.78, 5) is 22.6. The molecule has 0 aromatic heterocycles. The second-order valence-electron chi connectivity index (χ2n) is 3.96. The monoisotopic (exact) mass is 260 g/mol. The Morgan fingerprint density at radius 3 is 2.58 bits per heavy atom. The molecule has 1 aromatic carbocycles. The molecule has 0 heterocycles. The molecule has 3 N–H and O–H groups in total. The average molecular weight is 260 g/mol. The molecule has 1 aromatic rings. The molecule has 0 aliphatic heterocycles. The van der Waals surface area contributed by atoms with Gasteiger partial charge in [0, 0.05) is 6.42 Å². The third-order valence-corrected chi connectivity index (χ3v) is 2.43. The van der Waals surface area contributed by atoms with E-state index in [0.717, 1.165) is 5.56 Å². The van der Waals surface area contributed by atoms with Crippen molar-refractivity contribution in [1.82, 2.24) is 10.6 Å². The number of hydrogen-bond acceptors (Lipinski definition) is 3. The fourth-order valence-corrected chi connectivity index (χ4v) is 1.54. The van der Waals surface area contributed by atoms with Crippen molar-refractivity contribution in [2.45, 2.75) is 12.5 Å². The molecule has 0 aliphatic rings. The number of carboxylic acid groups (broad SMARTS) is 1. The normalized spacial score (nSPS) is 11.3. The molecule has 1 rings (SSSR count). The second-order valence-corrected chi connectivity index (χ2v) is 3.96. The molecule has 1 atom stereocenters. The molecule has 19 heavy (non-hydrogen) atoms. The summed E-state index contributed by atoms with van der Waals surface area (Å²) in [6.07, 6.45) is 5.28.